The van der Waals surface area contributed by atoms with Crippen molar-refractivity contribution in [2.24, 2.45) is 0 Å². The van der Waals surface area contributed by atoms with Crippen LogP contribution in [0.1, 0.15) is 31.8 Å². The first-order chi connectivity index (χ1) is 9.93. The Morgan fingerprint density at radius 2 is 1.48 bits per heavy atom. The Labute approximate surface area is 121 Å². The molecule has 0 amide bonds. The number of phenolic OH excluding ortho intramolecular Hbond substituents is 2. The first-order valence-corrected chi connectivity index (χ1v) is 6.38. The summed E-state index contributed by atoms with van der Waals surface area (Å²) in [5.41, 5.74) is 0.737. The highest BCUT2D eigenvalue weighted by Gasteiger charge is 2.36. The van der Waals surface area contributed by atoms with Crippen molar-refractivity contribution >= 4 is 17.3 Å². The van der Waals surface area contributed by atoms with Crippen LogP contribution in [0.3, 0.4) is 0 Å². The summed E-state index contributed by atoms with van der Waals surface area (Å²) in [7, 11) is 3.48. The third-order valence-corrected chi connectivity index (χ3v) is 3.61. The maximum atomic E-state index is 12.7. The number of carbonyl (C=O) groups excluding carboxylic acids is 2. The lowest BCUT2D eigenvalue weighted by atomic mass is 9.82. The van der Waals surface area contributed by atoms with Crippen LogP contribution in [0, 0.1) is 0 Å². The van der Waals surface area contributed by atoms with Gasteiger partial charge in [-0.05, 0) is 18.2 Å². The summed E-state index contributed by atoms with van der Waals surface area (Å²) in [4.78, 5) is 27.0. The fraction of sp³-hybridized carbons (Fsp3) is 0.125. The predicted molar refractivity (Wildman–Crippen MR) is 77.4 cm³/mol. The summed E-state index contributed by atoms with van der Waals surface area (Å²) in [6, 6.07) is 7.31. The molecule has 106 valence electrons. The second-order valence-electron chi connectivity index (χ2n) is 5.11. The number of rotatable bonds is 1. The molecule has 0 fully saturated rings. The number of phenols is 2. The molecule has 0 radical (unpaired) electrons. The molecule has 21 heavy (non-hydrogen) atoms. The molecule has 0 aromatic heterocycles. The van der Waals surface area contributed by atoms with Crippen LogP contribution in [0.2, 0.25) is 0 Å². The molecule has 0 aliphatic heterocycles. The summed E-state index contributed by atoms with van der Waals surface area (Å²) < 4.78 is 0. The number of aromatic hydroxyl groups is 2. The molecule has 0 spiro atoms. The Bertz CT molecular complexity index is 793. The molecule has 5 nitrogen and oxygen atoms in total. The van der Waals surface area contributed by atoms with E-state index in [2.05, 4.69) is 0 Å². The molecule has 0 atom stereocenters. The summed E-state index contributed by atoms with van der Waals surface area (Å²) in [6.45, 7) is 0. The predicted octanol–water partition coefficient (Wildman–Crippen LogP) is 1.94. The van der Waals surface area contributed by atoms with Crippen LogP contribution in [0.5, 0.6) is 11.5 Å². The second-order valence-corrected chi connectivity index (χ2v) is 5.11. The van der Waals surface area contributed by atoms with E-state index in [1.807, 2.05) is 0 Å². The van der Waals surface area contributed by atoms with E-state index in [1.54, 1.807) is 25.1 Å². The Kier molecular flexibility index (Phi) is 2.73. The second kappa shape index (κ2) is 4.34. The molecule has 0 saturated carbocycles. The lowest BCUT2D eigenvalue weighted by Gasteiger charge is -2.24. The van der Waals surface area contributed by atoms with Crippen LogP contribution < -0.4 is 4.90 Å². The first-order valence-electron chi connectivity index (χ1n) is 6.38. The third kappa shape index (κ3) is 1.71. The lowest BCUT2D eigenvalue weighted by Crippen LogP contribution is -2.24. The molecule has 0 unspecified atom stereocenters. The van der Waals surface area contributed by atoms with Crippen LogP contribution >= 0.6 is 0 Å². The Balaban J connectivity index is 2.41. The van der Waals surface area contributed by atoms with Crippen LogP contribution in [-0.2, 0) is 0 Å². The molecular formula is C16H13NO4. The number of fused-ring (bicyclic) bond motifs is 2. The molecule has 2 aromatic rings. The van der Waals surface area contributed by atoms with Gasteiger partial charge in [0.05, 0.1) is 16.7 Å². The van der Waals surface area contributed by atoms with Crippen molar-refractivity contribution in [3.63, 3.8) is 0 Å². The van der Waals surface area contributed by atoms with Gasteiger partial charge in [-0.25, -0.2) is 0 Å². The molecular weight excluding hydrogens is 270 g/mol. The molecule has 0 bridgehead atoms. The maximum absolute atomic E-state index is 12.7. The van der Waals surface area contributed by atoms with Crippen molar-refractivity contribution in [3.05, 3.63) is 52.6 Å². The summed E-state index contributed by atoms with van der Waals surface area (Å²) in [5, 5.41) is 19.9. The van der Waals surface area contributed by atoms with Crippen molar-refractivity contribution in [2.45, 2.75) is 0 Å². The standard InChI is InChI=1S/C16H13NO4/c1-17(2)9-6-7-11(19)14-13(9)16(21)12-8(15(14)20)4-3-5-10(12)18/h3-7,18-19H,1-2H3. The monoisotopic (exact) mass is 283 g/mol. The lowest BCUT2D eigenvalue weighted by molar-refractivity contribution is 0.0974. The van der Waals surface area contributed by atoms with Gasteiger partial charge in [-0.15, -0.1) is 0 Å². The molecule has 2 N–H and O–H groups in total. The van der Waals surface area contributed by atoms with Crippen LogP contribution in [-0.4, -0.2) is 35.9 Å². The number of benzene rings is 2. The Morgan fingerprint density at radius 1 is 0.810 bits per heavy atom. The molecule has 3 rings (SSSR count). The fourth-order valence-electron chi connectivity index (χ4n) is 2.64. The van der Waals surface area contributed by atoms with Gasteiger partial charge in [0.1, 0.15) is 11.5 Å². The molecule has 1 aliphatic carbocycles. The van der Waals surface area contributed by atoms with E-state index >= 15 is 0 Å². The highest BCUT2D eigenvalue weighted by molar-refractivity contribution is 6.31. The highest BCUT2D eigenvalue weighted by atomic mass is 16.3. The quantitative estimate of drug-likeness (QED) is 0.713. The van der Waals surface area contributed by atoms with Gasteiger partial charge in [0.25, 0.3) is 0 Å². The van der Waals surface area contributed by atoms with E-state index in [0.717, 1.165) is 0 Å². The van der Waals surface area contributed by atoms with Gasteiger partial charge in [0, 0.05) is 25.3 Å². The maximum Gasteiger partial charge on any atom is 0.200 e. The minimum absolute atomic E-state index is 0.00991. The number of hydrogen-bond donors (Lipinski definition) is 2. The molecule has 5 heteroatoms. The van der Waals surface area contributed by atoms with E-state index in [9.17, 15) is 19.8 Å². The Morgan fingerprint density at radius 3 is 2.14 bits per heavy atom. The average Bonchev–Trinajstić information content (AvgIpc) is 2.44. The van der Waals surface area contributed by atoms with E-state index in [-0.39, 0.29) is 33.8 Å². The summed E-state index contributed by atoms with van der Waals surface area (Å²) >= 11 is 0. The molecule has 0 heterocycles. The fourth-order valence-corrected chi connectivity index (χ4v) is 2.64. The Hall–Kier alpha value is -2.82. The van der Waals surface area contributed by atoms with Crippen molar-refractivity contribution in [1.82, 2.24) is 0 Å². The number of nitrogens with zero attached hydrogens (tertiary/aromatic N) is 1. The summed E-state index contributed by atoms with van der Waals surface area (Å²) in [5.74, 6) is -1.39. The number of ketones is 2. The number of carbonyl (C=O) groups is 2. The van der Waals surface area contributed by atoms with E-state index in [4.69, 9.17) is 0 Å². The van der Waals surface area contributed by atoms with Gasteiger partial charge in [-0.1, -0.05) is 12.1 Å². The molecule has 2 aromatic carbocycles. The zero-order valence-corrected chi connectivity index (χ0v) is 11.5. The summed E-state index contributed by atoms with van der Waals surface area (Å²) in [6.07, 6.45) is 0. The van der Waals surface area contributed by atoms with E-state index in [1.165, 1.54) is 24.3 Å². The normalized spacial score (nSPS) is 12.9. The first kappa shape index (κ1) is 13.2. The van der Waals surface area contributed by atoms with Gasteiger partial charge in [0.15, 0.2) is 11.6 Å². The van der Waals surface area contributed by atoms with Crippen LogP contribution in [0.4, 0.5) is 5.69 Å². The minimum atomic E-state index is -0.461. The third-order valence-electron chi connectivity index (χ3n) is 3.61. The van der Waals surface area contributed by atoms with Crippen molar-refractivity contribution < 1.29 is 19.8 Å². The van der Waals surface area contributed by atoms with Gasteiger partial charge < -0.3 is 15.1 Å². The van der Waals surface area contributed by atoms with Gasteiger partial charge in [-0.2, -0.15) is 0 Å². The van der Waals surface area contributed by atoms with Gasteiger partial charge >= 0.3 is 0 Å². The van der Waals surface area contributed by atoms with Crippen molar-refractivity contribution in [3.8, 4) is 11.5 Å². The van der Waals surface area contributed by atoms with Crippen LogP contribution in [0.15, 0.2) is 30.3 Å². The molecule has 1 aliphatic rings. The van der Waals surface area contributed by atoms with Crippen LogP contribution in [0.25, 0.3) is 0 Å². The van der Waals surface area contributed by atoms with Gasteiger partial charge in [-0.3, -0.25) is 9.59 Å². The van der Waals surface area contributed by atoms with Crippen molar-refractivity contribution in [2.75, 3.05) is 19.0 Å². The highest BCUT2D eigenvalue weighted by Crippen LogP contribution is 2.40. The number of anilines is 1. The van der Waals surface area contributed by atoms with E-state index in [0.29, 0.717) is 5.69 Å². The number of hydrogen-bond acceptors (Lipinski definition) is 5. The smallest absolute Gasteiger partial charge is 0.200 e. The molecule has 0 saturated heterocycles. The SMILES string of the molecule is CN(C)c1ccc(O)c2c1C(=O)c1c(O)cccc1C2=O. The average molecular weight is 283 g/mol. The van der Waals surface area contributed by atoms with E-state index < -0.39 is 11.6 Å². The minimum Gasteiger partial charge on any atom is -0.507 e. The topological polar surface area (TPSA) is 77.8 Å². The largest absolute Gasteiger partial charge is 0.507 e. The van der Waals surface area contributed by atoms with Crippen molar-refractivity contribution in [1.29, 1.82) is 0 Å². The van der Waals surface area contributed by atoms with Gasteiger partial charge in [0.2, 0.25) is 0 Å². The zero-order valence-electron chi connectivity index (χ0n) is 11.5. The zero-order chi connectivity index (χ0) is 15.3.